The molecular formula is C22H26N2O4. The van der Waals surface area contributed by atoms with E-state index in [1.54, 1.807) is 7.11 Å². The zero-order chi connectivity index (χ0) is 19.9. The number of hydrogen-bond acceptors (Lipinski definition) is 4. The summed E-state index contributed by atoms with van der Waals surface area (Å²) in [6.07, 6.45) is 1.96. The van der Waals surface area contributed by atoms with Crippen LogP contribution in [0.2, 0.25) is 0 Å². The summed E-state index contributed by atoms with van der Waals surface area (Å²) in [5, 5.41) is 5.82. The first-order valence-electron chi connectivity index (χ1n) is 9.46. The summed E-state index contributed by atoms with van der Waals surface area (Å²) in [4.78, 5) is 23.9. The molecule has 1 saturated carbocycles. The molecule has 0 spiro atoms. The summed E-state index contributed by atoms with van der Waals surface area (Å²) in [6.45, 7) is 2.24. The molecule has 2 N–H and O–H groups in total. The average molecular weight is 382 g/mol. The zero-order valence-corrected chi connectivity index (χ0v) is 16.2. The minimum Gasteiger partial charge on any atom is -0.497 e. The maximum atomic E-state index is 12.1. The molecule has 0 aromatic heterocycles. The van der Waals surface area contributed by atoms with Crippen molar-refractivity contribution >= 4 is 17.5 Å². The Kier molecular flexibility index (Phi) is 6.66. The Bertz CT molecular complexity index is 816. The van der Waals surface area contributed by atoms with Crippen LogP contribution < -0.4 is 15.4 Å². The Labute approximate surface area is 165 Å². The maximum Gasteiger partial charge on any atom is 0.246 e. The Hall–Kier alpha value is -2.86. The smallest absolute Gasteiger partial charge is 0.246 e. The average Bonchev–Trinajstić information content (AvgIpc) is 3.54. The van der Waals surface area contributed by atoms with E-state index in [-0.39, 0.29) is 30.4 Å². The Morgan fingerprint density at radius 3 is 2.57 bits per heavy atom. The minimum atomic E-state index is -0.179. The lowest BCUT2D eigenvalue weighted by molar-refractivity contribution is -0.126. The van der Waals surface area contributed by atoms with Crippen LogP contribution in [0.3, 0.4) is 0 Å². The molecule has 0 bridgehead atoms. The highest BCUT2D eigenvalue weighted by Crippen LogP contribution is 2.30. The first kappa shape index (κ1) is 19.9. The van der Waals surface area contributed by atoms with Crippen molar-refractivity contribution in [1.82, 2.24) is 5.32 Å². The number of nitrogens with one attached hydrogen (secondary N) is 2. The number of benzene rings is 2. The molecule has 2 amide bonds. The summed E-state index contributed by atoms with van der Waals surface area (Å²) < 4.78 is 10.7. The quantitative estimate of drug-likeness (QED) is 0.697. The van der Waals surface area contributed by atoms with Crippen LogP contribution in [0.25, 0.3) is 0 Å². The molecule has 3 rings (SSSR count). The van der Waals surface area contributed by atoms with Gasteiger partial charge in [-0.2, -0.15) is 0 Å². The van der Waals surface area contributed by atoms with Crippen molar-refractivity contribution in [3.8, 4) is 5.75 Å². The van der Waals surface area contributed by atoms with Gasteiger partial charge in [0.1, 0.15) is 12.4 Å². The van der Waals surface area contributed by atoms with Gasteiger partial charge in [-0.25, -0.2) is 0 Å². The lowest BCUT2D eigenvalue weighted by Crippen LogP contribution is -2.30. The summed E-state index contributed by atoms with van der Waals surface area (Å²) in [5.74, 6) is 0.842. The number of carbonyl (C=O) groups is 2. The van der Waals surface area contributed by atoms with Gasteiger partial charge in [-0.15, -0.1) is 0 Å². The maximum absolute atomic E-state index is 12.1. The van der Waals surface area contributed by atoms with Crippen LogP contribution in [0, 0.1) is 5.92 Å². The SMILES string of the molecule is COc1cccc(COCC(=O)NC(C)c2ccc(NC(=O)C3CC3)cc2)c1. The summed E-state index contributed by atoms with van der Waals surface area (Å²) in [6, 6.07) is 14.9. The van der Waals surface area contributed by atoms with Gasteiger partial charge in [0.25, 0.3) is 0 Å². The van der Waals surface area contributed by atoms with E-state index in [2.05, 4.69) is 10.6 Å². The first-order valence-corrected chi connectivity index (χ1v) is 9.46. The van der Waals surface area contributed by atoms with Gasteiger partial charge in [0, 0.05) is 11.6 Å². The predicted molar refractivity (Wildman–Crippen MR) is 107 cm³/mol. The molecule has 1 aliphatic rings. The van der Waals surface area contributed by atoms with E-state index >= 15 is 0 Å². The Morgan fingerprint density at radius 2 is 1.89 bits per heavy atom. The largest absolute Gasteiger partial charge is 0.497 e. The fraction of sp³-hybridized carbons (Fsp3) is 0.364. The predicted octanol–water partition coefficient (Wildman–Crippen LogP) is 3.44. The van der Waals surface area contributed by atoms with Gasteiger partial charge < -0.3 is 20.1 Å². The number of rotatable bonds is 9. The van der Waals surface area contributed by atoms with Crippen LogP contribution in [-0.2, 0) is 20.9 Å². The van der Waals surface area contributed by atoms with Gasteiger partial charge in [-0.05, 0) is 55.2 Å². The zero-order valence-electron chi connectivity index (χ0n) is 16.2. The van der Waals surface area contributed by atoms with Crippen molar-refractivity contribution in [1.29, 1.82) is 0 Å². The molecule has 1 atom stereocenters. The van der Waals surface area contributed by atoms with Crippen molar-refractivity contribution in [3.63, 3.8) is 0 Å². The van der Waals surface area contributed by atoms with E-state index in [1.165, 1.54) is 0 Å². The van der Waals surface area contributed by atoms with Crippen molar-refractivity contribution in [3.05, 3.63) is 59.7 Å². The third-order valence-electron chi connectivity index (χ3n) is 4.64. The fourth-order valence-electron chi connectivity index (χ4n) is 2.84. The molecule has 0 saturated heterocycles. The monoisotopic (exact) mass is 382 g/mol. The Balaban J connectivity index is 1.42. The van der Waals surface area contributed by atoms with E-state index in [9.17, 15) is 9.59 Å². The van der Waals surface area contributed by atoms with Crippen LogP contribution >= 0.6 is 0 Å². The van der Waals surface area contributed by atoms with E-state index < -0.39 is 0 Å². The molecular weight excluding hydrogens is 356 g/mol. The van der Waals surface area contributed by atoms with Crippen LogP contribution in [0.15, 0.2) is 48.5 Å². The number of ether oxygens (including phenoxy) is 2. The molecule has 6 nitrogen and oxygen atoms in total. The molecule has 2 aromatic rings. The normalized spacial score (nSPS) is 14.2. The van der Waals surface area contributed by atoms with Gasteiger partial charge in [0.15, 0.2) is 0 Å². The van der Waals surface area contributed by atoms with Crippen molar-refractivity contribution < 1.29 is 19.1 Å². The molecule has 1 fully saturated rings. The summed E-state index contributed by atoms with van der Waals surface area (Å²) in [7, 11) is 1.61. The van der Waals surface area contributed by atoms with Crippen LogP contribution in [-0.4, -0.2) is 25.5 Å². The van der Waals surface area contributed by atoms with Crippen LogP contribution in [0.4, 0.5) is 5.69 Å². The second-order valence-electron chi connectivity index (χ2n) is 7.02. The van der Waals surface area contributed by atoms with Crippen molar-refractivity contribution in [2.75, 3.05) is 19.0 Å². The summed E-state index contributed by atoms with van der Waals surface area (Å²) in [5.41, 5.74) is 2.69. The van der Waals surface area contributed by atoms with Gasteiger partial charge in [0.2, 0.25) is 11.8 Å². The molecule has 2 aromatic carbocycles. The molecule has 0 radical (unpaired) electrons. The van der Waals surface area contributed by atoms with Crippen LogP contribution in [0.1, 0.15) is 36.9 Å². The Morgan fingerprint density at radius 1 is 1.14 bits per heavy atom. The molecule has 0 aliphatic heterocycles. The second kappa shape index (κ2) is 9.37. The topological polar surface area (TPSA) is 76.7 Å². The lowest BCUT2D eigenvalue weighted by atomic mass is 10.1. The number of carbonyl (C=O) groups excluding carboxylic acids is 2. The lowest BCUT2D eigenvalue weighted by Gasteiger charge is -2.15. The molecule has 1 unspecified atom stereocenters. The fourth-order valence-corrected chi connectivity index (χ4v) is 2.84. The molecule has 148 valence electrons. The highest BCUT2D eigenvalue weighted by atomic mass is 16.5. The van der Waals surface area contributed by atoms with Crippen molar-refractivity contribution in [2.24, 2.45) is 5.92 Å². The minimum absolute atomic E-state index is 0.0168. The number of methoxy groups -OCH3 is 1. The highest BCUT2D eigenvalue weighted by Gasteiger charge is 2.29. The van der Waals surface area contributed by atoms with Gasteiger partial charge in [-0.1, -0.05) is 24.3 Å². The molecule has 28 heavy (non-hydrogen) atoms. The summed E-state index contributed by atoms with van der Waals surface area (Å²) >= 11 is 0. The second-order valence-corrected chi connectivity index (χ2v) is 7.02. The van der Waals surface area contributed by atoms with E-state index in [1.807, 2.05) is 55.5 Å². The van der Waals surface area contributed by atoms with Crippen LogP contribution in [0.5, 0.6) is 5.75 Å². The number of anilines is 1. The molecule has 6 heteroatoms. The first-order chi connectivity index (χ1) is 13.5. The van der Waals surface area contributed by atoms with E-state index in [0.717, 1.165) is 35.4 Å². The standard InChI is InChI=1S/C22H26N2O4/c1-15(17-8-10-19(11-9-17)24-22(26)18-6-7-18)23-21(25)14-28-13-16-4-3-5-20(12-16)27-2/h3-5,8-12,15,18H,6-7,13-14H2,1-2H3,(H,23,25)(H,24,26). The third-order valence-corrected chi connectivity index (χ3v) is 4.64. The van der Waals surface area contributed by atoms with Crippen molar-refractivity contribution in [2.45, 2.75) is 32.4 Å². The number of hydrogen-bond donors (Lipinski definition) is 2. The molecule has 0 heterocycles. The third kappa shape index (κ3) is 5.82. The highest BCUT2D eigenvalue weighted by molar-refractivity contribution is 5.94. The number of amides is 2. The van der Waals surface area contributed by atoms with Gasteiger partial charge >= 0.3 is 0 Å². The van der Waals surface area contributed by atoms with Gasteiger partial charge in [-0.3, -0.25) is 9.59 Å². The van der Waals surface area contributed by atoms with E-state index in [4.69, 9.17) is 9.47 Å². The van der Waals surface area contributed by atoms with E-state index in [0.29, 0.717) is 6.61 Å². The van der Waals surface area contributed by atoms with Gasteiger partial charge in [0.05, 0.1) is 19.8 Å². The molecule has 1 aliphatic carbocycles.